The fourth-order valence-electron chi connectivity index (χ4n) is 2.34. The molecular formula is C16H25NO3. The van der Waals surface area contributed by atoms with Crippen LogP contribution in [0.25, 0.3) is 0 Å². The van der Waals surface area contributed by atoms with Crippen LogP contribution in [0.4, 0.5) is 0 Å². The van der Waals surface area contributed by atoms with Gasteiger partial charge >= 0.3 is 0 Å². The molecule has 1 aliphatic heterocycles. The van der Waals surface area contributed by atoms with Crippen molar-refractivity contribution in [2.24, 2.45) is 0 Å². The molecule has 1 heterocycles. The quantitative estimate of drug-likeness (QED) is 0.777. The molecule has 1 atom stereocenters. The number of ether oxygens (including phenoxy) is 3. The number of methoxy groups -OCH3 is 1. The summed E-state index contributed by atoms with van der Waals surface area (Å²) in [6.07, 6.45) is 2.34. The molecule has 4 heteroatoms. The van der Waals surface area contributed by atoms with Gasteiger partial charge in [-0.1, -0.05) is 17.7 Å². The molecule has 0 aromatic heterocycles. The molecule has 4 nitrogen and oxygen atoms in total. The van der Waals surface area contributed by atoms with E-state index in [1.807, 2.05) is 0 Å². The van der Waals surface area contributed by atoms with Gasteiger partial charge in [0, 0.05) is 32.4 Å². The standard InChI is InChI=1S/C16H25NO3/c1-13-5-6-16(20-15-4-3-8-19-12-15)14(10-13)11-17-7-9-18-2/h5-6,10,15,17H,3-4,7-9,11-12H2,1-2H3. The summed E-state index contributed by atoms with van der Waals surface area (Å²) in [5.41, 5.74) is 2.45. The van der Waals surface area contributed by atoms with Crippen LogP contribution in [0, 0.1) is 6.92 Å². The number of benzene rings is 1. The summed E-state index contributed by atoms with van der Waals surface area (Å²) >= 11 is 0. The molecule has 0 bridgehead atoms. The summed E-state index contributed by atoms with van der Waals surface area (Å²) in [7, 11) is 1.71. The minimum Gasteiger partial charge on any atom is -0.488 e. The van der Waals surface area contributed by atoms with E-state index in [0.717, 1.165) is 44.9 Å². The minimum atomic E-state index is 0.184. The zero-order valence-corrected chi connectivity index (χ0v) is 12.5. The Morgan fingerprint density at radius 2 is 2.30 bits per heavy atom. The lowest BCUT2D eigenvalue weighted by molar-refractivity contribution is 0.00699. The van der Waals surface area contributed by atoms with Gasteiger partial charge in [0.25, 0.3) is 0 Å². The lowest BCUT2D eigenvalue weighted by Gasteiger charge is -2.24. The second-order valence-corrected chi connectivity index (χ2v) is 5.24. The molecule has 1 aromatic carbocycles. The zero-order chi connectivity index (χ0) is 14.2. The Morgan fingerprint density at radius 1 is 1.40 bits per heavy atom. The average molecular weight is 279 g/mol. The maximum absolute atomic E-state index is 6.10. The van der Waals surface area contributed by atoms with Gasteiger partial charge in [-0.3, -0.25) is 0 Å². The van der Waals surface area contributed by atoms with Crippen LogP contribution in [0.5, 0.6) is 5.75 Å². The van der Waals surface area contributed by atoms with Crippen LogP contribution in [0.2, 0.25) is 0 Å². The first-order chi connectivity index (χ1) is 9.79. The van der Waals surface area contributed by atoms with Crippen molar-refractivity contribution in [1.29, 1.82) is 0 Å². The minimum absolute atomic E-state index is 0.184. The predicted octanol–water partition coefficient (Wildman–Crippen LogP) is 2.29. The van der Waals surface area contributed by atoms with E-state index in [2.05, 4.69) is 30.4 Å². The number of nitrogens with one attached hydrogen (secondary N) is 1. The zero-order valence-electron chi connectivity index (χ0n) is 12.5. The Hall–Kier alpha value is -1.10. The van der Waals surface area contributed by atoms with Crippen molar-refractivity contribution >= 4 is 0 Å². The molecule has 0 spiro atoms. The van der Waals surface area contributed by atoms with Crippen molar-refractivity contribution < 1.29 is 14.2 Å². The maximum atomic E-state index is 6.10. The first kappa shape index (κ1) is 15.3. The van der Waals surface area contributed by atoms with Crippen molar-refractivity contribution in [3.8, 4) is 5.75 Å². The maximum Gasteiger partial charge on any atom is 0.124 e. The molecular weight excluding hydrogens is 254 g/mol. The molecule has 0 amide bonds. The summed E-state index contributed by atoms with van der Waals surface area (Å²) in [6, 6.07) is 6.34. The monoisotopic (exact) mass is 279 g/mol. The van der Waals surface area contributed by atoms with E-state index in [4.69, 9.17) is 14.2 Å². The van der Waals surface area contributed by atoms with Crippen molar-refractivity contribution in [1.82, 2.24) is 5.32 Å². The second-order valence-electron chi connectivity index (χ2n) is 5.24. The number of hydrogen-bond donors (Lipinski definition) is 1. The van der Waals surface area contributed by atoms with Crippen LogP contribution in [0.3, 0.4) is 0 Å². The summed E-state index contributed by atoms with van der Waals surface area (Å²) in [5.74, 6) is 0.969. The van der Waals surface area contributed by atoms with Gasteiger partial charge in [0.2, 0.25) is 0 Å². The van der Waals surface area contributed by atoms with E-state index in [1.54, 1.807) is 7.11 Å². The van der Waals surface area contributed by atoms with Gasteiger partial charge in [0.15, 0.2) is 0 Å². The van der Waals surface area contributed by atoms with Gasteiger partial charge in [0.05, 0.1) is 13.2 Å². The number of aryl methyl sites for hydroxylation is 1. The Balaban J connectivity index is 1.95. The third-order valence-electron chi connectivity index (χ3n) is 3.43. The van der Waals surface area contributed by atoms with E-state index in [-0.39, 0.29) is 6.10 Å². The van der Waals surface area contributed by atoms with Crippen LogP contribution >= 0.6 is 0 Å². The van der Waals surface area contributed by atoms with Crippen LogP contribution in [-0.4, -0.2) is 39.6 Å². The molecule has 1 N–H and O–H groups in total. The molecule has 112 valence electrons. The first-order valence-corrected chi connectivity index (χ1v) is 7.33. The van der Waals surface area contributed by atoms with Crippen LogP contribution in [-0.2, 0) is 16.0 Å². The smallest absolute Gasteiger partial charge is 0.124 e. The molecule has 0 aliphatic carbocycles. The van der Waals surface area contributed by atoms with Crippen LogP contribution < -0.4 is 10.1 Å². The fourth-order valence-corrected chi connectivity index (χ4v) is 2.34. The molecule has 20 heavy (non-hydrogen) atoms. The molecule has 1 aromatic rings. The lowest BCUT2D eigenvalue weighted by Crippen LogP contribution is -2.28. The van der Waals surface area contributed by atoms with E-state index in [1.165, 1.54) is 11.1 Å². The Labute approximate surface area is 121 Å². The van der Waals surface area contributed by atoms with E-state index in [0.29, 0.717) is 6.61 Å². The Kier molecular flexibility index (Phi) is 6.30. The third-order valence-corrected chi connectivity index (χ3v) is 3.43. The van der Waals surface area contributed by atoms with E-state index >= 15 is 0 Å². The highest BCUT2D eigenvalue weighted by Crippen LogP contribution is 2.23. The molecule has 1 unspecified atom stereocenters. The predicted molar refractivity (Wildman–Crippen MR) is 79.2 cm³/mol. The largest absolute Gasteiger partial charge is 0.488 e. The van der Waals surface area contributed by atoms with Crippen molar-refractivity contribution in [2.45, 2.75) is 32.4 Å². The molecule has 0 saturated carbocycles. The number of hydrogen-bond acceptors (Lipinski definition) is 4. The molecule has 0 radical (unpaired) electrons. The second kappa shape index (κ2) is 8.25. The van der Waals surface area contributed by atoms with Crippen molar-refractivity contribution in [3.05, 3.63) is 29.3 Å². The van der Waals surface area contributed by atoms with Crippen LogP contribution in [0.15, 0.2) is 18.2 Å². The number of rotatable bonds is 7. The fraction of sp³-hybridized carbons (Fsp3) is 0.625. The topological polar surface area (TPSA) is 39.7 Å². The van der Waals surface area contributed by atoms with Crippen LogP contribution in [0.1, 0.15) is 24.0 Å². The van der Waals surface area contributed by atoms with Crippen molar-refractivity contribution in [3.63, 3.8) is 0 Å². The highest BCUT2D eigenvalue weighted by molar-refractivity contribution is 5.37. The van der Waals surface area contributed by atoms with Gasteiger partial charge < -0.3 is 19.5 Å². The summed E-state index contributed by atoms with van der Waals surface area (Å²) < 4.78 is 16.6. The Bertz CT molecular complexity index is 403. The third kappa shape index (κ3) is 4.78. The van der Waals surface area contributed by atoms with E-state index in [9.17, 15) is 0 Å². The van der Waals surface area contributed by atoms with Gasteiger partial charge in [-0.15, -0.1) is 0 Å². The molecule has 1 aliphatic rings. The summed E-state index contributed by atoms with van der Waals surface area (Å²) in [4.78, 5) is 0. The highest BCUT2D eigenvalue weighted by atomic mass is 16.5. The summed E-state index contributed by atoms with van der Waals surface area (Å²) in [5, 5.41) is 3.37. The van der Waals surface area contributed by atoms with Gasteiger partial charge in [0.1, 0.15) is 11.9 Å². The van der Waals surface area contributed by atoms with Gasteiger partial charge in [-0.05, 0) is 25.8 Å². The lowest BCUT2D eigenvalue weighted by atomic mass is 10.1. The van der Waals surface area contributed by atoms with Gasteiger partial charge in [-0.2, -0.15) is 0 Å². The van der Waals surface area contributed by atoms with Crippen molar-refractivity contribution in [2.75, 3.05) is 33.5 Å². The normalized spacial score (nSPS) is 19.0. The first-order valence-electron chi connectivity index (χ1n) is 7.33. The molecule has 1 saturated heterocycles. The molecule has 2 rings (SSSR count). The summed E-state index contributed by atoms with van der Waals surface area (Å²) in [6.45, 7) is 6.03. The SMILES string of the molecule is COCCNCc1cc(C)ccc1OC1CCCOC1. The average Bonchev–Trinajstić information content (AvgIpc) is 2.47. The Morgan fingerprint density at radius 3 is 3.05 bits per heavy atom. The molecule has 1 fully saturated rings. The highest BCUT2D eigenvalue weighted by Gasteiger charge is 2.16. The van der Waals surface area contributed by atoms with E-state index < -0.39 is 0 Å². The van der Waals surface area contributed by atoms with Gasteiger partial charge in [-0.25, -0.2) is 0 Å².